The van der Waals surface area contributed by atoms with Crippen molar-refractivity contribution in [1.82, 2.24) is 25.3 Å². The smallest absolute Gasteiger partial charge is 0.226 e. The summed E-state index contributed by atoms with van der Waals surface area (Å²) in [5.74, 6) is 0.856. The van der Waals surface area contributed by atoms with Crippen molar-refractivity contribution in [3.63, 3.8) is 0 Å². The summed E-state index contributed by atoms with van der Waals surface area (Å²) in [7, 11) is 1.61. The minimum absolute atomic E-state index is 0.317. The third-order valence-electron chi connectivity index (χ3n) is 3.39. The Labute approximate surface area is 136 Å². The number of nitrogens with one attached hydrogen (secondary N) is 1. The lowest BCUT2D eigenvalue weighted by Crippen LogP contribution is -2.08. The van der Waals surface area contributed by atoms with E-state index in [1.807, 2.05) is 13.0 Å². The van der Waals surface area contributed by atoms with Gasteiger partial charge in [0.2, 0.25) is 5.65 Å². The van der Waals surface area contributed by atoms with Crippen molar-refractivity contribution in [2.45, 2.75) is 13.3 Å². The number of nitriles is 1. The molecule has 0 aromatic carbocycles. The Morgan fingerprint density at radius 2 is 2.25 bits per heavy atom. The largest absolute Gasteiger partial charge is 0.396 e. The highest BCUT2D eigenvalue weighted by Gasteiger charge is 2.16. The molecule has 0 fully saturated rings. The Kier molecular flexibility index (Phi) is 3.98. The summed E-state index contributed by atoms with van der Waals surface area (Å²) in [6, 6.07) is 2.02. The van der Waals surface area contributed by atoms with Crippen LogP contribution in [0.5, 0.6) is 0 Å². The van der Waals surface area contributed by atoms with Crippen LogP contribution in [0.2, 0.25) is 0 Å². The number of nitrogen functional groups attached to an aromatic ring is 1. The third kappa shape index (κ3) is 2.70. The summed E-state index contributed by atoms with van der Waals surface area (Å²) in [6.45, 7) is 1.81. The number of anilines is 2. The van der Waals surface area contributed by atoms with Gasteiger partial charge in [-0.3, -0.25) is 4.99 Å². The molecule has 0 aliphatic rings. The molecule has 10 heteroatoms. The highest BCUT2D eigenvalue weighted by molar-refractivity contribution is 5.85. The van der Waals surface area contributed by atoms with Crippen molar-refractivity contribution in [2.75, 3.05) is 18.1 Å². The molecule has 0 saturated heterocycles. The van der Waals surface area contributed by atoms with Crippen molar-refractivity contribution in [3.05, 3.63) is 28.8 Å². The van der Waals surface area contributed by atoms with Crippen LogP contribution in [0.25, 0.3) is 11.2 Å². The molecule has 0 radical (unpaired) electrons. The third-order valence-corrected chi connectivity index (χ3v) is 3.39. The highest BCUT2D eigenvalue weighted by Crippen LogP contribution is 2.25. The average Bonchev–Trinajstić information content (AvgIpc) is 3.05. The molecule has 3 N–H and O–H groups in total. The molecule has 3 aromatic heterocycles. The van der Waals surface area contributed by atoms with Crippen LogP contribution < -0.4 is 11.1 Å². The predicted octanol–water partition coefficient (Wildman–Crippen LogP) is 0.831. The molecule has 0 bridgehead atoms. The molecule has 0 saturated carbocycles. The van der Waals surface area contributed by atoms with Gasteiger partial charge in [0.05, 0.1) is 18.2 Å². The lowest BCUT2D eigenvalue weighted by Gasteiger charge is -2.09. The summed E-state index contributed by atoms with van der Waals surface area (Å²) in [5.41, 5.74) is 9.07. The van der Waals surface area contributed by atoms with E-state index in [1.54, 1.807) is 7.05 Å². The fourth-order valence-corrected chi connectivity index (χ4v) is 2.19. The zero-order chi connectivity index (χ0) is 17.1. The van der Waals surface area contributed by atoms with Gasteiger partial charge in [-0.05, 0) is 17.2 Å². The van der Waals surface area contributed by atoms with E-state index in [-0.39, 0.29) is 0 Å². The Balaban J connectivity index is 2.01. The first-order valence-electron chi connectivity index (χ1n) is 6.94. The van der Waals surface area contributed by atoms with Gasteiger partial charge in [-0.2, -0.15) is 5.26 Å². The predicted molar refractivity (Wildman–Crippen MR) is 86.3 cm³/mol. The molecule has 0 unspecified atom stereocenters. The molecule has 3 aromatic rings. The molecule has 10 nitrogen and oxygen atoms in total. The van der Waals surface area contributed by atoms with Gasteiger partial charge in [0.25, 0.3) is 0 Å². The van der Waals surface area contributed by atoms with Crippen LogP contribution in [0.3, 0.4) is 0 Å². The van der Waals surface area contributed by atoms with Gasteiger partial charge in [0.15, 0.2) is 11.3 Å². The standard InChI is InChI=1S/C14H13N9O/c1-7-9(11(16)12-14(20-7)23-24-22-12)3-10-18-5-8(4-15)13(21-10)19-6-17-2/h5-6H,3,16H2,1-2H3,(H,17,18,19,21). The maximum Gasteiger partial charge on any atom is 0.226 e. The summed E-state index contributed by atoms with van der Waals surface area (Å²) < 4.78 is 4.67. The van der Waals surface area contributed by atoms with Crippen molar-refractivity contribution < 1.29 is 4.63 Å². The molecule has 3 heterocycles. The van der Waals surface area contributed by atoms with E-state index < -0.39 is 0 Å². The summed E-state index contributed by atoms with van der Waals surface area (Å²) >= 11 is 0. The lowest BCUT2D eigenvalue weighted by atomic mass is 10.1. The number of nitrogens with two attached hydrogens (primary N) is 1. The second-order valence-corrected chi connectivity index (χ2v) is 4.89. The number of nitrogens with zero attached hydrogens (tertiary/aromatic N) is 7. The fraction of sp³-hybridized carbons (Fsp3) is 0.214. The molecule has 0 aliphatic heterocycles. The Morgan fingerprint density at radius 3 is 3.00 bits per heavy atom. The first kappa shape index (κ1) is 15.3. The number of rotatable bonds is 4. The number of fused-ring (bicyclic) bond motifs is 1. The molecule has 120 valence electrons. The van der Waals surface area contributed by atoms with Crippen molar-refractivity contribution in [3.8, 4) is 6.07 Å². The van der Waals surface area contributed by atoms with Crippen LogP contribution in [0, 0.1) is 18.3 Å². The topological polar surface area (TPSA) is 152 Å². The SMILES string of the molecule is CN=CNc1nc(Cc2c(C)nc3nonc3c2N)ncc1C#N. The maximum absolute atomic E-state index is 9.11. The molecule has 24 heavy (non-hydrogen) atoms. The molecule has 0 aliphatic carbocycles. The van der Waals surface area contributed by atoms with Gasteiger partial charge in [0, 0.05) is 24.7 Å². The quantitative estimate of drug-likeness (QED) is 0.525. The molecular weight excluding hydrogens is 310 g/mol. The van der Waals surface area contributed by atoms with E-state index in [9.17, 15) is 0 Å². The maximum atomic E-state index is 9.11. The lowest BCUT2D eigenvalue weighted by molar-refractivity contribution is 0.315. The van der Waals surface area contributed by atoms with E-state index in [4.69, 9.17) is 11.0 Å². The van der Waals surface area contributed by atoms with Crippen LogP contribution in [-0.2, 0) is 6.42 Å². The summed E-state index contributed by atoms with van der Waals surface area (Å²) in [5, 5.41) is 19.4. The fourth-order valence-electron chi connectivity index (χ4n) is 2.19. The van der Waals surface area contributed by atoms with Crippen LogP contribution in [0.15, 0.2) is 15.8 Å². The van der Waals surface area contributed by atoms with Crippen LogP contribution in [-0.4, -0.2) is 38.7 Å². The summed E-state index contributed by atoms with van der Waals surface area (Å²) in [4.78, 5) is 16.7. The summed E-state index contributed by atoms with van der Waals surface area (Å²) in [6.07, 6.45) is 3.22. The second kappa shape index (κ2) is 6.25. The van der Waals surface area contributed by atoms with E-state index in [0.29, 0.717) is 46.2 Å². The Hall–Kier alpha value is -3.61. The number of aryl methyl sites for hydroxylation is 1. The van der Waals surface area contributed by atoms with Crippen LogP contribution >= 0.6 is 0 Å². The molecule has 0 spiro atoms. The minimum Gasteiger partial charge on any atom is -0.396 e. The van der Waals surface area contributed by atoms with Gasteiger partial charge in [-0.15, -0.1) is 0 Å². The van der Waals surface area contributed by atoms with Gasteiger partial charge < -0.3 is 11.1 Å². The number of hydrogen-bond donors (Lipinski definition) is 2. The van der Waals surface area contributed by atoms with Crippen molar-refractivity contribution in [2.24, 2.45) is 4.99 Å². The zero-order valence-corrected chi connectivity index (χ0v) is 13.0. The normalized spacial score (nSPS) is 11.0. The van der Waals surface area contributed by atoms with Crippen LogP contribution in [0.4, 0.5) is 11.5 Å². The zero-order valence-electron chi connectivity index (χ0n) is 13.0. The number of aromatic nitrogens is 5. The average molecular weight is 323 g/mol. The monoisotopic (exact) mass is 323 g/mol. The molecular formula is C14H13N9O. The Bertz CT molecular complexity index is 970. The van der Waals surface area contributed by atoms with E-state index in [2.05, 4.69) is 40.2 Å². The van der Waals surface area contributed by atoms with E-state index in [1.165, 1.54) is 12.5 Å². The Morgan fingerprint density at radius 1 is 1.42 bits per heavy atom. The molecule has 3 rings (SSSR count). The minimum atomic E-state index is 0.317. The van der Waals surface area contributed by atoms with Crippen LogP contribution in [0.1, 0.15) is 22.6 Å². The first-order valence-corrected chi connectivity index (χ1v) is 6.94. The van der Waals surface area contributed by atoms with Gasteiger partial charge in [-0.1, -0.05) is 0 Å². The molecule has 0 atom stereocenters. The van der Waals surface area contributed by atoms with Gasteiger partial charge in [0.1, 0.15) is 17.5 Å². The number of hydrogen-bond acceptors (Lipinski definition) is 9. The van der Waals surface area contributed by atoms with Crippen molar-refractivity contribution in [1.29, 1.82) is 5.26 Å². The van der Waals surface area contributed by atoms with Gasteiger partial charge >= 0.3 is 0 Å². The van der Waals surface area contributed by atoms with Crippen molar-refractivity contribution >= 4 is 29.0 Å². The highest BCUT2D eigenvalue weighted by atomic mass is 16.6. The van der Waals surface area contributed by atoms with E-state index in [0.717, 1.165) is 5.56 Å². The molecule has 0 amide bonds. The second-order valence-electron chi connectivity index (χ2n) is 4.89. The first-order chi connectivity index (χ1) is 11.6. The number of pyridine rings is 1. The number of aliphatic imine (C=N–C) groups is 1. The van der Waals surface area contributed by atoms with Gasteiger partial charge in [-0.25, -0.2) is 19.6 Å². The van der Waals surface area contributed by atoms with E-state index >= 15 is 0 Å².